The van der Waals surface area contributed by atoms with Crippen LogP contribution in [0, 0.1) is 71.0 Å². The number of ether oxygens (including phenoxy) is 3. The van der Waals surface area contributed by atoms with Gasteiger partial charge in [0.1, 0.15) is 21.9 Å². The van der Waals surface area contributed by atoms with Crippen LogP contribution in [-0.4, -0.2) is 57.3 Å². The van der Waals surface area contributed by atoms with E-state index in [1.807, 2.05) is 13.0 Å². The van der Waals surface area contributed by atoms with E-state index < -0.39 is 34.8 Å². The van der Waals surface area contributed by atoms with Gasteiger partial charge in [0.25, 0.3) is 0 Å². The van der Waals surface area contributed by atoms with E-state index in [-0.39, 0.29) is 106 Å². The van der Waals surface area contributed by atoms with Crippen LogP contribution in [0.5, 0.6) is 28.7 Å². The van der Waals surface area contributed by atoms with Gasteiger partial charge in [-0.15, -0.1) is 0 Å². The molecule has 1 heterocycles. The summed E-state index contributed by atoms with van der Waals surface area (Å²) in [6, 6.07) is 0. The van der Waals surface area contributed by atoms with E-state index in [9.17, 15) is 39.6 Å². The molecule has 11 nitrogen and oxygen atoms in total. The van der Waals surface area contributed by atoms with Crippen molar-refractivity contribution < 1.29 is 53.8 Å². The zero-order valence-electron chi connectivity index (χ0n) is 37.2. The van der Waals surface area contributed by atoms with E-state index >= 15 is 0 Å². The van der Waals surface area contributed by atoms with Crippen LogP contribution in [0.1, 0.15) is 144 Å². The first-order valence-corrected chi connectivity index (χ1v) is 22.1. The van der Waals surface area contributed by atoms with Gasteiger partial charge in [-0.05, 0) is 136 Å². The second kappa shape index (κ2) is 14.6. The third-order valence-electron chi connectivity index (χ3n) is 17.5. The monoisotopic (exact) mass is 882 g/mol. The zero-order chi connectivity index (χ0) is 45.3. The molecule has 0 aromatic heterocycles. The number of benzene rings is 2. The topological polar surface area (TPSA) is 177 Å². The number of aliphatic carboxylic acids is 1. The number of allylic oxidation sites excluding steroid dienone is 2. The van der Waals surface area contributed by atoms with Crippen molar-refractivity contribution in [3.8, 4) is 28.7 Å². The van der Waals surface area contributed by atoms with E-state index in [1.54, 1.807) is 0 Å². The van der Waals surface area contributed by atoms with Crippen LogP contribution < -0.4 is 9.47 Å². The summed E-state index contributed by atoms with van der Waals surface area (Å²) >= 11 is 12.2. The number of carboxylic acid groups (broad SMARTS) is 1. The lowest BCUT2D eigenvalue weighted by molar-refractivity contribution is -0.202. The zero-order valence-corrected chi connectivity index (χ0v) is 38.7. The van der Waals surface area contributed by atoms with Crippen molar-refractivity contribution in [2.24, 2.45) is 50.2 Å². The number of carbonyl (C=O) groups excluding carboxylic acids is 3. The number of methoxy groups -OCH3 is 1. The van der Waals surface area contributed by atoms with Gasteiger partial charge in [-0.2, -0.15) is 0 Å². The van der Waals surface area contributed by atoms with Gasteiger partial charge in [0.15, 0.2) is 28.8 Å². The van der Waals surface area contributed by atoms with Gasteiger partial charge < -0.3 is 34.6 Å². The molecule has 0 saturated heterocycles. The molecule has 0 bridgehead atoms. The first-order chi connectivity index (χ1) is 28.2. The van der Waals surface area contributed by atoms with Gasteiger partial charge in [0.05, 0.1) is 23.7 Å². The number of carbonyl (C=O) groups is 4. The average Bonchev–Trinajstić information content (AvgIpc) is 3.35. The molecular weight excluding hydrogens is 823 g/mol. The molecule has 0 spiro atoms. The summed E-state index contributed by atoms with van der Waals surface area (Å²) in [5.74, 6) is -2.68. The smallest absolute Gasteiger partial charge is 0.347 e. The van der Waals surface area contributed by atoms with E-state index in [1.165, 1.54) is 33.5 Å². The molecule has 332 valence electrons. The van der Waals surface area contributed by atoms with Gasteiger partial charge in [-0.1, -0.05) is 70.3 Å². The van der Waals surface area contributed by atoms with E-state index in [4.69, 9.17) is 37.4 Å². The molecule has 1 aliphatic heterocycles. The van der Waals surface area contributed by atoms with Gasteiger partial charge in [-0.25, -0.2) is 9.59 Å². The minimum absolute atomic E-state index is 0.0131. The fourth-order valence-electron chi connectivity index (χ4n) is 13.2. The summed E-state index contributed by atoms with van der Waals surface area (Å²) in [6.45, 7) is 20.3. The van der Waals surface area contributed by atoms with E-state index in [0.29, 0.717) is 12.3 Å². The van der Waals surface area contributed by atoms with Crippen LogP contribution in [0.25, 0.3) is 0 Å². The van der Waals surface area contributed by atoms with Crippen LogP contribution in [0.4, 0.5) is 0 Å². The Labute approximate surface area is 368 Å². The number of rotatable bonds is 2. The molecule has 0 radical (unpaired) electrons. The Hall–Kier alpha value is -3.80. The lowest BCUT2D eigenvalue weighted by atomic mass is 9.33. The van der Waals surface area contributed by atoms with E-state index in [0.717, 1.165) is 51.4 Å². The highest BCUT2D eigenvalue weighted by atomic mass is 35.5. The standard InChI is InChI=1S/C30H46O4.C18H14Cl2O7/c1-25(2)21-8-11-30(7)23(28(21,5)10-9-22(25)32)20(31)16-18-19-17-27(4,24(33)34)13-12-26(19,3)14-15-29(18,30)6;1-5-9-16(11(20)13(22)10(5)19)26-14-6(2)8(17(23)25-4)12(21)7(3)15(14)27-18(9)24/h16,19,21-23,32H,8-15,17H2,1-7H3,(H,33,34);21-22H,1-4H3. The number of ketones is 1. The lowest BCUT2D eigenvalue weighted by Crippen LogP contribution is -2.66. The maximum absolute atomic E-state index is 14.2. The molecule has 9 unspecified atom stereocenters. The summed E-state index contributed by atoms with van der Waals surface area (Å²) in [5.41, 5.74) is 0.406. The maximum atomic E-state index is 14.2. The quantitative estimate of drug-likeness (QED) is 0.167. The number of aromatic hydroxyl groups is 2. The highest BCUT2D eigenvalue weighted by Crippen LogP contribution is 2.75. The minimum atomic E-state index is -0.835. The number of aliphatic hydroxyl groups is 1. The van der Waals surface area contributed by atoms with Crippen molar-refractivity contribution in [3.63, 3.8) is 0 Å². The Kier molecular flexibility index (Phi) is 10.8. The number of aliphatic hydroxyl groups excluding tert-OH is 1. The fraction of sp³-hybridized carbons (Fsp3) is 0.625. The minimum Gasteiger partial charge on any atom is -0.507 e. The van der Waals surface area contributed by atoms with Crippen LogP contribution >= 0.6 is 23.2 Å². The summed E-state index contributed by atoms with van der Waals surface area (Å²) in [4.78, 5) is 51.2. The van der Waals surface area contributed by atoms with Gasteiger partial charge in [0, 0.05) is 17.0 Å². The molecule has 2 aromatic carbocycles. The first kappa shape index (κ1) is 45.2. The third kappa shape index (κ3) is 6.28. The first-order valence-electron chi connectivity index (χ1n) is 21.4. The molecule has 4 N–H and O–H groups in total. The second-order valence-corrected chi connectivity index (χ2v) is 21.6. The number of carboxylic acids is 1. The fourth-order valence-corrected chi connectivity index (χ4v) is 13.7. The Bertz CT molecular complexity index is 2320. The van der Waals surface area contributed by atoms with Crippen molar-refractivity contribution in [1.82, 2.24) is 0 Å². The van der Waals surface area contributed by atoms with Crippen molar-refractivity contribution in [2.45, 2.75) is 133 Å². The number of phenols is 2. The largest absolute Gasteiger partial charge is 0.507 e. The van der Waals surface area contributed by atoms with Crippen molar-refractivity contribution in [3.05, 3.63) is 49.5 Å². The molecular formula is C48H60Cl2O11. The molecule has 61 heavy (non-hydrogen) atoms. The highest BCUT2D eigenvalue weighted by molar-refractivity contribution is 6.39. The number of fused-ring (bicyclic) bond motifs is 9. The summed E-state index contributed by atoms with van der Waals surface area (Å²) in [6.07, 6.45) is 9.95. The molecule has 13 heteroatoms. The Morgan fingerprint density at radius 3 is 2.03 bits per heavy atom. The Morgan fingerprint density at radius 2 is 1.41 bits per heavy atom. The van der Waals surface area contributed by atoms with Gasteiger partial charge in [0.2, 0.25) is 0 Å². The van der Waals surface area contributed by atoms with Crippen LogP contribution in [0.15, 0.2) is 11.6 Å². The van der Waals surface area contributed by atoms with Crippen LogP contribution in [0.3, 0.4) is 0 Å². The average molecular weight is 884 g/mol. The molecule has 8 rings (SSSR count). The SMILES string of the molecule is CC1(C(=O)O)CCC2(C)CCC3(C)C(=CC(=O)C4C5(C)CCC(O)C(C)(C)C5CCC43C)C2C1.COC(=O)c1c(C)c2c(c(C)c1O)OC(=O)c1c(C)c(Cl)c(O)c(Cl)c1O2. The predicted molar refractivity (Wildman–Crippen MR) is 230 cm³/mol. The van der Waals surface area contributed by atoms with E-state index in [2.05, 4.69) is 41.5 Å². The predicted octanol–water partition coefficient (Wildman–Crippen LogP) is 10.9. The number of esters is 2. The number of hydrogen-bond donors (Lipinski definition) is 4. The second-order valence-electron chi connectivity index (χ2n) is 20.9. The highest BCUT2D eigenvalue weighted by Gasteiger charge is 2.70. The number of halogens is 2. The normalized spacial score (nSPS) is 35.7. The molecule has 6 aliphatic rings. The molecule has 9 atom stereocenters. The summed E-state index contributed by atoms with van der Waals surface area (Å²) < 4.78 is 15.9. The van der Waals surface area contributed by atoms with Crippen molar-refractivity contribution in [2.75, 3.05) is 7.11 Å². The number of phenolic OH excluding ortho intramolecular Hbond substituents is 2. The number of hydrogen-bond acceptors (Lipinski definition) is 10. The van der Waals surface area contributed by atoms with Gasteiger partial charge in [-0.3, -0.25) is 9.59 Å². The molecule has 4 fully saturated rings. The molecule has 0 amide bonds. The summed E-state index contributed by atoms with van der Waals surface area (Å²) in [5, 5.41) is 41.0. The lowest BCUT2D eigenvalue weighted by Gasteiger charge is -2.70. The van der Waals surface area contributed by atoms with Crippen molar-refractivity contribution in [1.29, 1.82) is 0 Å². The van der Waals surface area contributed by atoms with Crippen LogP contribution in [0.2, 0.25) is 10.0 Å². The maximum Gasteiger partial charge on any atom is 0.347 e. The summed E-state index contributed by atoms with van der Waals surface area (Å²) in [7, 11) is 1.17. The Balaban J connectivity index is 0.000000189. The van der Waals surface area contributed by atoms with Crippen molar-refractivity contribution >= 4 is 46.9 Å². The molecule has 5 aliphatic carbocycles. The molecule has 2 aromatic rings. The third-order valence-corrected chi connectivity index (χ3v) is 18.3. The van der Waals surface area contributed by atoms with Crippen LogP contribution in [-0.2, 0) is 14.3 Å². The Morgan fingerprint density at radius 1 is 0.787 bits per heavy atom. The molecule has 4 saturated carbocycles. The van der Waals surface area contributed by atoms with Gasteiger partial charge >= 0.3 is 17.9 Å².